The number of thiophene rings is 1. The third-order valence-electron chi connectivity index (χ3n) is 2.37. The second-order valence-corrected chi connectivity index (χ2v) is 9.26. The molecule has 0 aromatic carbocycles. The second kappa shape index (κ2) is 6.02. The first-order chi connectivity index (χ1) is 7.75. The lowest BCUT2D eigenvalue weighted by Crippen LogP contribution is -2.29. The van der Waals surface area contributed by atoms with Crippen LogP contribution in [-0.2, 0) is 10.0 Å². The van der Waals surface area contributed by atoms with Crippen LogP contribution < -0.4 is 0 Å². The molecule has 0 radical (unpaired) electrons. The van der Waals surface area contributed by atoms with Crippen molar-refractivity contribution in [1.29, 1.82) is 0 Å². The van der Waals surface area contributed by atoms with E-state index in [1.54, 1.807) is 20.0 Å². The normalized spacial score (nSPS) is 14.2. The van der Waals surface area contributed by atoms with Gasteiger partial charge in [0.15, 0.2) is 0 Å². The number of hydrogen-bond acceptors (Lipinski definition) is 3. The van der Waals surface area contributed by atoms with Crippen LogP contribution in [0.3, 0.4) is 0 Å². The minimum atomic E-state index is -3.39. The molecule has 0 fully saturated rings. The van der Waals surface area contributed by atoms with E-state index >= 15 is 0 Å². The van der Waals surface area contributed by atoms with E-state index in [1.165, 1.54) is 15.6 Å². The van der Waals surface area contributed by atoms with Gasteiger partial charge in [-0.1, -0.05) is 0 Å². The second-order valence-electron chi connectivity index (χ2n) is 3.87. The van der Waals surface area contributed by atoms with E-state index in [0.717, 1.165) is 8.66 Å². The zero-order valence-electron chi connectivity index (χ0n) is 9.91. The van der Waals surface area contributed by atoms with Gasteiger partial charge in [-0.05, 0) is 42.3 Å². The van der Waals surface area contributed by atoms with Crippen molar-refractivity contribution in [2.45, 2.75) is 30.5 Å². The van der Waals surface area contributed by atoms with Gasteiger partial charge < -0.3 is 0 Å². The molecule has 0 aliphatic rings. The fourth-order valence-corrected chi connectivity index (χ4v) is 5.00. The number of hydrogen-bond donors (Lipinski definition) is 0. The van der Waals surface area contributed by atoms with E-state index < -0.39 is 10.0 Å². The topological polar surface area (TPSA) is 37.4 Å². The summed E-state index contributed by atoms with van der Waals surface area (Å²) < 4.78 is 26.7. The monoisotopic (exact) mass is 359 g/mol. The number of aryl methyl sites for hydroxylation is 1. The van der Waals surface area contributed by atoms with Crippen molar-refractivity contribution in [3.05, 3.63) is 14.7 Å². The molecule has 1 rings (SSSR count). The van der Waals surface area contributed by atoms with Gasteiger partial charge >= 0.3 is 0 Å². The Bertz CT molecular complexity index is 484. The summed E-state index contributed by atoms with van der Waals surface area (Å²) >= 11 is 10.6. The van der Waals surface area contributed by atoms with Crippen LogP contribution in [0.15, 0.2) is 14.7 Å². The van der Waals surface area contributed by atoms with Crippen LogP contribution >= 0.6 is 38.9 Å². The van der Waals surface area contributed by atoms with Crippen LogP contribution in [0.25, 0.3) is 0 Å². The minimum Gasteiger partial charge on any atom is -0.207 e. The van der Waals surface area contributed by atoms with Crippen LogP contribution in [-0.4, -0.2) is 31.7 Å². The Hall–Kier alpha value is 0.380. The lowest BCUT2D eigenvalue weighted by atomic mass is 10.3. The summed E-state index contributed by atoms with van der Waals surface area (Å²) in [5, 5.41) is -0.0250. The molecule has 0 saturated carbocycles. The fraction of sp³-hybridized carbons (Fsp3) is 0.600. The summed E-state index contributed by atoms with van der Waals surface area (Å²) in [4.78, 5) is 1.17. The number of halogens is 2. The molecule has 17 heavy (non-hydrogen) atoms. The molecule has 0 saturated heterocycles. The SMILES string of the molecule is Cc1sc(Br)cc1S(=O)(=O)N(C)CCC(C)Cl. The van der Waals surface area contributed by atoms with Gasteiger partial charge in [0, 0.05) is 23.8 Å². The minimum absolute atomic E-state index is 0.0250. The maximum atomic E-state index is 12.2. The number of nitrogens with zero attached hydrogens (tertiary/aromatic N) is 1. The van der Waals surface area contributed by atoms with Gasteiger partial charge in [-0.15, -0.1) is 22.9 Å². The van der Waals surface area contributed by atoms with Crippen molar-refractivity contribution in [3.8, 4) is 0 Å². The predicted molar refractivity (Wildman–Crippen MR) is 76.5 cm³/mol. The summed E-state index contributed by atoms with van der Waals surface area (Å²) in [6.07, 6.45) is 0.641. The molecule has 1 unspecified atom stereocenters. The Labute approximate surface area is 120 Å². The highest BCUT2D eigenvalue weighted by molar-refractivity contribution is 9.11. The molecule has 0 amide bonds. The van der Waals surface area contributed by atoms with Crippen LogP contribution in [0.5, 0.6) is 0 Å². The zero-order valence-corrected chi connectivity index (χ0v) is 13.9. The van der Waals surface area contributed by atoms with Crippen molar-refractivity contribution < 1.29 is 8.42 Å². The van der Waals surface area contributed by atoms with E-state index in [1.807, 2.05) is 6.92 Å². The first kappa shape index (κ1) is 15.4. The van der Waals surface area contributed by atoms with Crippen molar-refractivity contribution in [3.63, 3.8) is 0 Å². The Kier molecular flexibility index (Phi) is 5.46. The van der Waals surface area contributed by atoms with E-state index in [4.69, 9.17) is 11.6 Å². The highest BCUT2D eigenvalue weighted by Crippen LogP contribution is 2.31. The van der Waals surface area contributed by atoms with E-state index in [-0.39, 0.29) is 5.38 Å². The lowest BCUT2D eigenvalue weighted by molar-refractivity contribution is 0.460. The summed E-state index contributed by atoms with van der Waals surface area (Å²) in [5.41, 5.74) is 0. The summed E-state index contributed by atoms with van der Waals surface area (Å²) in [7, 11) is -1.81. The van der Waals surface area contributed by atoms with Crippen molar-refractivity contribution in [2.24, 2.45) is 0 Å². The van der Waals surface area contributed by atoms with Crippen LogP contribution in [0, 0.1) is 6.92 Å². The predicted octanol–water partition coefficient (Wildman–Crippen LogP) is 3.46. The molecule has 1 atom stereocenters. The third-order valence-corrected chi connectivity index (χ3v) is 6.26. The van der Waals surface area contributed by atoms with Crippen LogP contribution in [0.1, 0.15) is 18.2 Å². The Morgan fingerprint density at radius 3 is 2.59 bits per heavy atom. The average Bonchev–Trinajstić information content (AvgIpc) is 2.54. The molecule has 0 bridgehead atoms. The average molecular weight is 361 g/mol. The highest BCUT2D eigenvalue weighted by atomic mass is 79.9. The lowest BCUT2D eigenvalue weighted by Gasteiger charge is -2.17. The molecule has 7 heteroatoms. The van der Waals surface area contributed by atoms with Gasteiger partial charge in [0.2, 0.25) is 10.0 Å². The van der Waals surface area contributed by atoms with Crippen LogP contribution in [0.2, 0.25) is 0 Å². The summed E-state index contributed by atoms with van der Waals surface area (Å²) in [5.74, 6) is 0. The largest absolute Gasteiger partial charge is 0.243 e. The standard InChI is InChI=1S/C10H15BrClNO2S2/c1-7(12)4-5-13(3)17(14,15)9-6-10(11)16-8(9)2/h6-7H,4-5H2,1-3H3. The van der Waals surface area contributed by atoms with Gasteiger partial charge in [0.1, 0.15) is 0 Å². The van der Waals surface area contributed by atoms with Crippen molar-refractivity contribution in [1.82, 2.24) is 4.31 Å². The summed E-state index contributed by atoms with van der Waals surface area (Å²) in [6, 6.07) is 1.65. The maximum Gasteiger partial charge on any atom is 0.243 e. The van der Waals surface area contributed by atoms with Crippen molar-refractivity contribution >= 4 is 48.9 Å². The van der Waals surface area contributed by atoms with Gasteiger partial charge in [-0.2, -0.15) is 0 Å². The Balaban J connectivity index is 2.91. The molecule has 0 aliphatic heterocycles. The molecule has 1 aromatic rings. The molecular formula is C10H15BrClNO2S2. The number of rotatable bonds is 5. The van der Waals surface area contributed by atoms with Gasteiger partial charge in [-0.25, -0.2) is 12.7 Å². The molecule has 98 valence electrons. The van der Waals surface area contributed by atoms with Gasteiger partial charge in [0.05, 0.1) is 8.68 Å². The number of alkyl halides is 1. The van der Waals surface area contributed by atoms with E-state index in [0.29, 0.717) is 17.9 Å². The third kappa shape index (κ3) is 3.92. The first-order valence-electron chi connectivity index (χ1n) is 5.11. The molecule has 0 spiro atoms. The van der Waals surface area contributed by atoms with Gasteiger partial charge in [-0.3, -0.25) is 0 Å². The molecule has 0 N–H and O–H groups in total. The molecular weight excluding hydrogens is 346 g/mol. The van der Waals surface area contributed by atoms with E-state index in [2.05, 4.69) is 15.9 Å². The molecule has 1 heterocycles. The smallest absolute Gasteiger partial charge is 0.207 e. The Morgan fingerprint density at radius 1 is 1.59 bits per heavy atom. The Morgan fingerprint density at radius 2 is 2.18 bits per heavy atom. The van der Waals surface area contributed by atoms with Crippen LogP contribution in [0.4, 0.5) is 0 Å². The van der Waals surface area contributed by atoms with Crippen molar-refractivity contribution in [2.75, 3.05) is 13.6 Å². The molecule has 3 nitrogen and oxygen atoms in total. The molecule has 0 aliphatic carbocycles. The highest BCUT2D eigenvalue weighted by Gasteiger charge is 2.24. The number of sulfonamides is 1. The quantitative estimate of drug-likeness (QED) is 0.754. The fourth-order valence-electron chi connectivity index (χ4n) is 1.33. The summed E-state index contributed by atoms with van der Waals surface area (Å²) in [6.45, 7) is 4.09. The maximum absolute atomic E-state index is 12.2. The van der Waals surface area contributed by atoms with Gasteiger partial charge in [0.25, 0.3) is 0 Å². The molecule has 1 aromatic heterocycles. The zero-order chi connectivity index (χ0) is 13.2. The first-order valence-corrected chi connectivity index (χ1v) is 8.60. The van der Waals surface area contributed by atoms with E-state index in [9.17, 15) is 8.42 Å².